The Kier molecular flexibility index (Phi) is 5.59. The van der Waals surface area contributed by atoms with Crippen molar-refractivity contribution < 1.29 is 0 Å². The van der Waals surface area contributed by atoms with Gasteiger partial charge in [0.05, 0.1) is 0 Å². The molecule has 3 nitrogen and oxygen atoms in total. The van der Waals surface area contributed by atoms with E-state index in [0.717, 1.165) is 42.9 Å². The molecule has 2 aromatic rings. The molecule has 0 unspecified atom stereocenters. The molecule has 1 heterocycles. The van der Waals surface area contributed by atoms with Crippen molar-refractivity contribution in [1.29, 1.82) is 0 Å². The van der Waals surface area contributed by atoms with Gasteiger partial charge in [0.25, 0.3) is 0 Å². The summed E-state index contributed by atoms with van der Waals surface area (Å²) in [5.74, 6) is 0. The quantitative estimate of drug-likeness (QED) is 0.839. The summed E-state index contributed by atoms with van der Waals surface area (Å²) in [7, 11) is 0. The van der Waals surface area contributed by atoms with Gasteiger partial charge >= 0.3 is 0 Å². The van der Waals surface area contributed by atoms with Gasteiger partial charge in [-0.25, -0.2) is 0 Å². The van der Waals surface area contributed by atoms with E-state index < -0.39 is 0 Å². The van der Waals surface area contributed by atoms with Crippen molar-refractivity contribution in [1.82, 2.24) is 10.2 Å². The van der Waals surface area contributed by atoms with Crippen LogP contribution in [0.2, 0.25) is 5.02 Å². The van der Waals surface area contributed by atoms with E-state index in [1.54, 1.807) is 0 Å². The molecule has 0 aromatic heterocycles. The normalized spacial score (nSPS) is 14.6. The second-order valence-electron chi connectivity index (χ2n) is 6.05. The summed E-state index contributed by atoms with van der Waals surface area (Å²) in [5.41, 5.74) is 3.73. The number of nitrogens with zero attached hydrogens (tertiary/aromatic N) is 2. The minimum Gasteiger partial charge on any atom is -0.368 e. The van der Waals surface area contributed by atoms with E-state index in [1.165, 1.54) is 16.8 Å². The Labute approximate surface area is 154 Å². The number of hydrogen-bond donors (Lipinski definition) is 1. The van der Waals surface area contributed by atoms with Crippen LogP contribution in [0.25, 0.3) is 0 Å². The maximum absolute atomic E-state index is 6.15. The molecule has 1 fully saturated rings. The molecule has 0 amide bonds. The Morgan fingerprint density at radius 2 is 1.79 bits per heavy atom. The van der Waals surface area contributed by atoms with Gasteiger partial charge in [-0.2, -0.15) is 0 Å². The van der Waals surface area contributed by atoms with Crippen LogP contribution in [0, 0.1) is 6.92 Å². The number of rotatable bonds is 3. The average Bonchev–Trinajstić information content (AvgIpc) is 2.63. The second-order valence-corrected chi connectivity index (χ2v) is 6.87. The monoisotopic (exact) mass is 359 g/mol. The molecule has 1 aliphatic rings. The van der Waals surface area contributed by atoms with E-state index in [2.05, 4.69) is 46.3 Å². The minimum absolute atomic E-state index is 0.771. The third-order valence-corrected chi connectivity index (χ3v) is 5.00. The van der Waals surface area contributed by atoms with Crippen molar-refractivity contribution in [2.45, 2.75) is 13.5 Å². The van der Waals surface area contributed by atoms with Gasteiger partial charge in [-0.15, -0.1) is 0 Å². The lowest BCUT2D eigenvalue weighted by Crippen LogP contribution is -2.51. The fourth-order valence-electron chi connectivity index (χ4n) is 2.96. The average molecular weight is 360 g/mol. The number of piperazine rings is 1. The highest BCUT2D eigenvalue weighted by Gasteiger charge is 2.20. The van der Waals surface area contributed by atoms with Crippen molar-refractivity contribution in [3.63, 3.8) is 0 Å². The molecule has 0 radical (unpaired) electrons. The van der Waals surface area contributed by atoms with E-state index in [1.807, 2.05) is 24.3 Å². The lowest BCUT2D eigenvalue weighted by molar-refractivity contribution is 0.380. The van der Waals surface area contributed by atoms with Crippen LogP contribution in [0.15, 0.2) is 48.5 Å². The molecule has 1 saturated heterocycles. The minimum atomic E-state index is 0.771. The maximum Gasteiger partial charge on any atom is 0.169 e. The van der Waals surface area contributed by atoms with E-state index in [-0.39, 0.29) is 0 Å². The first-order valence-corrected chi connectivity index (χ1v) is 9.00. The van der Waals surface area contributed by atoms with Gasteiger partial charge < -0.3 is 15.1 Å². The van der Waals surface area contributed by atoms with Crippen LogP contribution in [0.1, 0.15) is 11.1 Å². The van der Waals surface area contributed by atoms with E-state index in [0.29, 0.717) is 0 Å². The van der Waals surface area contributed by atoms with Crippen molar-refractivity contribution in [2.75, 3.05) is 31.1 Å². The van der Waals surface area contributed by atoms with Gasteiger partial charge in [0.1, 0.15) is 0 Å². The number of halogens is 1. The van der Waals surface area contributed by atoms with Crippen LogP contribution in [0.3, 0.4) is 0 Å². The van der Waals surface area contributed by atoms with Gasteiger partial charge in [-0.05, 0) is 42.4 Å². The predicted molar refractivity (Wildman–Crippen MR) is 106 cm³/mol. The summed E-state index contributed by atoms with van der Waals surface area (Å²) < 4.78 is 0. The molecule has 1 N–H and O–H groups in total. The number of aryl methyl sites for hydroxylation is 1. The fraction of sp³-hybridized carbons (Fsp3) is 0.316. The summed E-state index contributed by atoms with van der Waals surface area (Å²) in [6, 6.07) is 16.4. The Morgan fingerprint density at radius 1 is 1.08 bits per heavy atom. The number of thiocarbonyl (C=S) groups is 1. The largest absolute Gasteiger partial charge is 0.368 e. The molecule has 5 heteroatoms. The molecule has 0 aliphatic carbocycles. The topological polar surface area (TPSA) is 18.5 Å². The Bertz CT molecular complexity index is 697. The highest BCUT2D eigenvalue weighted by molar-refractivity contribution is 7.80. The Balaban J connectivity index is 1.53. The summed E-state index contributed by atoms with van der Waals surface area (Å²) in [5, 5.41) is 4.99. The molecule has 3 rings (SSSR count). The van der Waals surface area contributed by atoms with Crippen LogP contribution in [-0.2, 0) is 6.54 Å². The fourth-order valence-corrected chi connectivity index (χ4v) is 3.38. The molecule has 0 atom stereocenters. The first-order chi connectivity index (χ1) is 11.6. The SMILES string of the molecule is Cc1ccc(Cl)cc1N1CCN(C(=S)NCc2ccccc2)CC1. The number of hydrogen-bond acceptors (Lipinski definition) is 2. The van der Waals surface area contributed by atoms with Crippen LogP contribution in [0.4, 0.5) is 5.69 Å². The molecular formula is C19H22ClN3S. The van der Waals surface area contributed by atoms with E-state index in [9.17, 15) is 0 Å². The van der Waals surface area contributed by atoms with Crippen molar-refractivity contribution in [3.05, 3.63) is 64.7 Å². The molecule has 0 spiro atoms. The van der Waals surface area contributed by atoms with Gasteiger partial charge in [-0.3, -0.25) is 0 Å². The molecule has 0 saturated carbocycles. The third kappa shape index (κ3) is 4.19. The zero-order valence-corrected chi connectivity index (χ0v) is 15.4. The van der Waals surface area contributed by atoms with Gasteiger partial charge in [0.15, 0.2) is 5.11 Å². The van der Waals surface area contributed by atoms with Crippen LogP contribution < -0.4 is 10.2 Å². The molecule has 24 heavy (non-hydrogen) atoms. The van der Waals surface area contributed by atoms with Gasteiger partial charge in [0, 0.05) is 43.4 Å². The predicted octanol–water partition coefficient (Wildman–Crippen LogP) is 3.85. The van der Waals surface area contributed by atoms with Crippen LogP contribution in [-0.4, -0.2) is 36.2 Å². The number of benzene rings is 2. The molecule has 126 valence electrons. The first kappa shape index (κ1) is 17.1. The Morgan fingerprint density at radius 3 is 2.50 bits per heavy atom. The van der Waals surface area contributed by atoms with Gasteiger partial charge in [-0.1, -0.05) is 48.0 Å². The second kappa shape index (κ2) is 7.86. The lowest BCUT2D eigenvalue weighted by atomic mass is 10.1. The van der Waals surface area contributed by atoms with Crippen LogP contribution in [0.5, 0.6) is 0 Å². The van der Waals surface area contributed by atoms with Crippen molar-refractivity contribution in [3.8, 4) is 0 Å². The third-order valence-electron chi connectivity index (χ3n) is 4.37. The zero-order valence-electron chi connectivity index (χ0n) is 13.8. The highest BCUT2D eigenvalue weighted by atomic mass is 35.5. The number of nitrogens with one attached hydrogen (secondary N) is 1. The van der Waals surface area contributed by atoms with Crippen molar-refractivity contribution in [2.24, 2.45) is 0 Å². The van der Waals surface area contributed by atoms with Crippen LogP contribution >= 0.6 is 23.8 Å². The molecular weight excluding hydrogens is 338 g/mol. The van der Waals surface area contributed by atoms with E-state index >= 15 is 0 Å². The molecule has 0 bridgehead atoms. The van der Waals surface area contributed by atoms with Gasteiger partial charge in [0.2, 0.25) is 0 Å². The first-order valence-electron chi connectivity index (χ1n) is 8.21. The molecule has 1 aliphatic heterocycles. The Hall–Kier alpha value is -1.78. The summed E-state index contributed by atoms with van der Waals surface area (Å²) in [6.45, 7) is 6.65. The zero-order chi connectivity index (χ0) is 16.9. The standard InChI is InChI=1S/C19H22ClN3S/c1-15-7-8-17(20)13-18(15)22-9-11-23(12-10-22)19(24)21-14-16-5-3-2-4-6-16/h2-8,13H,9-12,14H2,1H3,(H,21,24). The van der Waals surface area contributed by atoms with Crippen molar-refractivity contribution >= 4 is 34.6 Å². The van der Waals surface area contributed by atoms with E-state index in [4.69, 9.17) is 23.8 Å². The summed E-state index contributed by atoms with van der Waals surface area (Å²) >= 11 is 11.7. The summed E-state index contributed by atoms with van der Waals surface area (Å²) in [4.78, 5) is 4.63. The smallest absolute Gasteiger partial charge is 0.169 e. The highest BCUT2D eigenvalue weighted by Crippen LogP contribution is 2.25. The lowest BCUT2D eigenvalue weighted by Gasteiger charge is -2.38. The number of anilines is 1. The maximum atomic E-state index is 6.15. The molecule has 2 aromatic carbocycles. The summed E-state index contributed by atoms with van der Waals surface area (Å²) in [6.07, 6.45) is 0.